The van der Waals surface area contributed by atoms with Crippen molar-refractivity contribution in [1.82, 2.24) is 0 Å². The largest absolute Gasteiger partial charge is 0.573 e. The third-order valence-corrected chi connectivity index (χ3v) is 1.75. The smallest absolute Gasteiger partial charge is 0.493 e. The summed E-state index contributed by atoms with van der Waals surface area (Å²) < 4.78 is 57.3. The SMILES string of the molecule is CCOc1cccc(OC(F)(F)F)c1CF. The van der Waals surface area contributed by atoms with Crippen LogP contribution < -0.4 is 9.47 Å². The van der Waals surface area contributed by atoms with E-state index in [1.54, 1.807) is 6.92 Å². The molecular formula is C10H10F4O2. The minimum absolute atomic E-state index is 0.0618. The molecule has 2 nitrogen and oxygen atoms in total. The highest BCUT2D eigenvalue weighted by atomic mass is 19.4. The van der Waals surface area contributed by atoms with Gasteiger partial charge in [0.05, 0.1) is 12.2 Å². The Morgan fingerprint density at radius 1 is 1.19 bits per heavy atom. The van der Waals surface area contributed by atoms with Crippen LogP contribution in [0.2, 0.25) is 0 Å². The first-order valence-corrected chi connectivity index (χ1v) is 4.54. The van der Waals surface area contributed by atoms with Gasteiger partial charge in [-0.25, -0.2) is 4.39 Å². The van der Waals surface area contributed by atoms with Crippen molar-refractivity contribution in [2.75, 3.05) is 6.61 Å². The van der Waals surface area contributed by atoms with E-state index >= 15 is 0 Å². The van der Waals surface area contributed by atoms with Gasteiger partial charge in [-0.1, -0.05) is 6.07 Å². The van der Waals surface area contributed by atoms with E-state index in [0.29, 0.717) is 0 Å². The molecule has 0 radical (unpaired) electrons. The fourth-order valence-electron chi connectivity index (χ4n) is 1.19. The molecule has 0 aliphatic rings. The minimum Gasteiger partial charge on any atom is -0.493 e. The summed E-state index contributed by atoms with van der Waals surface area (Å²) >= 11 is 0. The summed E-state index contributed by atoms with van der Waals surface area (Å²) in [4.78, 5) is 0. The Bertz CT molecular complexity index is 349. The first-order valence-electron chi connectivity index (χ1n) is 4.54. The Morgan fingerprint density at radius 2 is 1.81 bits per heavy atom. The quantitative estimate of drug-likeness (QED) is 0.748. The molecule has 0 amide bonds. The summed E-state index contributed by atoms with van der Waals surface area (Å²) in [5.41, 5.74) is -0.235. The van der Waals surface area contributed by atoms with E-state index in [1.807, 2.05) is 0 Å². The Labute approximate surface area is 89.8 Å². The topological polar surface area (TPSA) is 18.5 Å². The van der Waals surface area contributed by atoms with Crippen molar-refractivity contribution in [3.8, 4) is 11.5 Å². The molecule has 1 aromatic rings. The monoisotopic (exact) mass is 238 g/mol. The molecule has 0 unspecified atom stereocenters. The predicted octanol–water partition coefficient (Wildman–Crippen LogP) is 3.45. The van der Waals surface area contributed by atoms with E-state index in [9.17, 15) is 17.6 Å². The minimum atomic E-state index is -4.84. The molecule has 0 fully saturated rings. The van der Waals surface area contributed by atoms with Gasteiger partial charge >= 0.3 is 6.36 Å². The molecule has 6 heteroatoms. The highest BCUT2D eigenvalue weighted by Crippen LogP contribution is 2.33. The van der Waals surface area contributed by atoms with E-state index < -0.39 is 18.8 Å². The number of alkyl halides is 4. The number of rotatable bonds is 4. The van der Waals surface area contributed by atoms with E-state index in [4.69, 9.17) is 4.74 Å². The molecule has 1 rings (SSSR count). The van der Waals surface area contributed by atoms with Crippen LogP contribution in [-0.4, -0.2) is 13.0 Å². The van der Waals surface area contributed by atoms with Gasteiger partial charge in [0, 0.05) is 0 Å². The van der Waals surface area contributed by atoms with Crippen LogP contribution >= 0.6 is 0 Å². The number of hydrogen-bond acceptors (Lipinski definition) is 2. The third-order valence-electron chi connectivity index (χ3n) is 1.75. The number of halogens is 4. The van der Waals surface area contributed by atoms with Gasteiger partial charge in [0.25, 0.3) is 0 Å². The zero-order valence-electron chi connectivity index (χ0n) is 8.47. The lowest BCUT2D eigenvalue weighted by Crippen LogP contribution is -2.18. The highest BCUT2D eigenvalue weighted by Gasteiger charge is 2.32. The molecule has 1 aromatic carbocycles. The first-order chi connectivity index (χ1) is 7.48. The average Bonchev–Trinajstić information content (AvgIpc) is 2.16. The fourth-order valence-corrected chi connectivity index (χ4v) is 1.19. The van der Waals surface area contributed by atoms with Crippen LogP contribution in [0.15, 0.2) is 18.2 Å². The van der Waals surface area contributed by atoms with Crippen molar-refractivity contribution in [2.24, 2.45) is 0 Å². The van der Waals surface area contributed by atoms with E-state index in [2.05, 4.69) is 4.74 Å². The zero-order valence-corrected chi connectivity index (χ0v) is 8.47. The molecule has 90 valence electrons. The average molecular weight is 238 g/mol. The van der Waals surface area contributed by atoms with Gasteiger partial charge in [-0.3, -0.25) is 0 Å². The molecule has 0 aliphatic carbocycles. The number of hydrogen-bond donors (Lipinski definition) is 0. The molecule has 0 bridgehead atoms. The van der Waals surface area contributed by atoms with Crippen molar-refractivity contribution in [2.45, 2.75) is 20.0 Å². The van der Waals surface area contributed by atoms with Crippen LogP contribution in [0.5, 0.6) is 11.5 Å². The van der Waals surface area contributed by atoms with Crippen LogP contribution in [0.25, 0.3) is 0 Å². The van der Waals surface area contributed by atoms with Gasteiger partial charge in [-0.2, -0.15) is 0 Å². The molecule has 0 aliphatic heterocycles. The highest BCUT2D eigenvalue weighted by molar-refractivity contribution is 5.44. The van der Waals surface area contributed by atoms with Crippen LogP contribution in [0.1, 0.15) is 12.5 Å². The summed E-state index contributed by atoms with van der Waals surface area (Å²) in [6.45, 7) is 0.809. The summed E-state index contributed by atoms with van der Waals surface area (Å²) in [7, 11) is 0. The van der Waals surface area contributed by atoms with Gasteiger partial charge in [0.2, 0.25) is 0 Å². The molecule has 0 atom stereocenters. The lowest BCUT2D eigenvalue weighted by atomic mass is 10.2. The van der Waals surface area contributed by atoms with E-state index in [-0.39, 0.29) is 17.9 Å². The van der Waals surface area contributed by atoms with Crippen LogP contribution in [0.3, 0.4) is 0 Å². The fraction of sp³-hybridized carbons (Fsp3) is 0.400. The first kappa shape index (κ1) is 12.6. The standard InChI is InChI=1S/C10H10F4O2/c1-2-15-8-4-3-5-9(7(8)6-11)16-10(12,13)14/h3-5H,2,6H2,1H3. The molecular weight excluding hydrogens is 228 g/mol. The third kappa shape index (κ3) is 3.29. The Morgan fingerprint density at radius 3 is 2.31 bits per heavy atom. The van der Waals surface area contributed by atoms with Crippen LogP contribution in [-0.2, 0) is 6.67 Å². The lowest BCUT2D eigenvalue weighted by molar-refractivity contribution is -0.275. The molecule has 0 saturated carbocycles. The van der Waals surface area contributed by atoms with Gasteiger partial charge in [0.1, 0.15) is 18.2 Å². The molecule has 0 N–H and O–H groups in total. The molecule has 0 saturated heterocycles. The van der Waals surface area contributed by atoms with E-state index in [0.717, 1.165) is 6.07 Å². The predicted molar refractivity (Wildman–Crippen MR) is 49.1 cm³/mol. The second-order valence-electron chi connectivity index (χ2n) is 2.85. The van der Waals surface area contributed by atoms with E-state index in [1.165, 1.54) is 12.1 Å². The maximum Gasteiger partial charge on any atom is 0.573 e. The zero-order chi connectivity index (χ0) is 12.2. The number of ether oxygens (including phenoxy) is 2. The summed E-state index contributed by atoms with van der Waals surface area (Å²) in [5, 5.41) is 0. The van der Waals surface area contributed by atoms with Crippen molar-refractivity contribution in [3.63, 3.8) is 0 Å². The van der Waals surface area contributed by atoms with Crippen molar-refractivity contribution in [1.29, 1.82) is 0 Å². The van der Waals surface area contributed by atoms with Gasteiger partial charge < -0.3 is 9.47 Å². The van der Waals surface area contributed by atoms with Crippen molar-refractivity contribution >= 4 is 0 Å². The van der Waals surface area contributed by atoms with Crippen LogP contribution in [0, 0.1) is 0 Å². The van der Waals surface area contributed by atoms with Crippen LogP contribution in [0.4, 0.5) is 17.6 Å². The number of benzene rings is 1. The lowest BCUT2D eigenvalue weighted by Gasteiger charge is -2.14. The Hall–Kier alpha value is -1.46. The Kier molecular flexibility index (Phi) is 3.98. The molecule has 0 spiro atoms. The second kappa shape index (κ2) is 5.05. The molecule has 16 heavy (non-hydrogen) atoms. The second-order valence-corrected chi connectivity index (χ2v) is 2.85. The van der Waals surface area contributed by atoms with Gasteiger partial charge in [-0.05, 0) is 19.1 Å². The normalized spacial score (nSPS) is 11.3. The molecule has 0 heterocycles. The van der Waals surface area contributed by atoms with Gasteiger partial charge in [0.15, 0.2) is 0 Å². The summed E-state index contributed by atoms with van der Waals surface area (Å²) in [5.74, 6) is -0.507. The van der Waals surface area contributed by atoms with Crippen molar-refractivity contribution < 1.29 is 27.0 Å². The molecule has 0 aromatic heterocycles. The van der Waals surface area contributed by atoms with Gasteiger partial charge in [-0.15, -0.1) is 13.2 Å². The Balaban J connectivity index is 3.04. The van der Waals surface area contributed by atoms with Crippen molar-refractivity contribution in [3.05, 3.63) is 23.8 Å². The summed E-state index contributed by atoms with van der Waals surface area (Å²) in [6.07, 6.45) is -4.84. The maximum atomic E-state index is 12.6. The summed E-state index contributed by atoms with van der Waals surface area (Å²) in [6, 6.07) is 3.75. The maximum absolute atomic E-state index is 12.6.